The normalized spacial score (nSPS) is 15.2. The highest BCUT2D eigenvalue weighted by Crippen LogP contribution is 2.06. The molecule has 20 heavy (non-hydrogen) atoms. The Bertz CT molecular complexity index is 441. The highest BCUT2D eigenvalue weighted by atomic mass is 16.5. The van der Waals surface area contributed by atoms with E-state index in [4.69, 9.17) is 10.5 Å². The molecule has 0 aliphatic rings. The van der Waals surface area contributed by atoms with Gasteiger partial charge in [-0.05, 0) is 32.8 Å². The van der Waals surface area contributed by atoms with Crippen LogP contribution in [0.2, 0.25) is 0 Å². The van der Waals surface area contributed by atoms with Crippen molar-refractivity contribution >= 4 is 5.96 Å². The highest BCUT2D eigenvalue weighted by Gasteiger charge is 2.07. The third kappa shape index (κ3) is 5.61. The van der Waals surface area contributed by atoms with E-state index in [1.165, 1.54) is 5.69 Å². The van der Waals surface area contributed by atoms with Gasteiger partial charge in [-0.25, -0.2) is 0 Å². The van der Waals surface area contributed by atoms with Gasteiger partial charge in [0.15, 0.2) is 5.96 Å². The Morgan fingerprint density at radius 3 is 2.75 bits per heavy atom. The summed E-state index contributed by atoms with van der Waals surface area (Å²) >= 11 is 0. The average Bonchev–Trinajstić information content (AvgIpc) is 2.65. The molecule has 1 rings (SSSR count). The molecule has 3 N–H and O–H groups in total. The quantitative estimate of drug-likeness (QED) is 0.579. The Labute approximate surface area is 121 Å². The van der Waals surface area contributed by atoms with Crippen molar-refractivity contribution in [2.75, 3.05) is 20.3 Å². The van der Waals surface area contributed by atoms with Crippen LogP contribution in [0.3, 0.4) is 0 Å². The average molecular weight is 281 g/mol. The number of aliphatic imine (C=N–C) groups is 1. The van der Waals surface area contributed by atoms with E-state index in [2.05, 4.69) is 35.3 Å². The second-order valence-corrected chi connectivity index (χ2v) is 5.44. The van der Waals surface area contributed by atoms with E-state index in [-0.39, 0.29) is 6.04 Å². The fraction of sp³-hybridized carbons (Fsp3) is 0.714. The largest absolute Gasteiger partial charge is 0.383 e. The Kier molecular flexibility index (Phi) is 6.51. The Morgan fingerprint density at radius 1 is 1.50 bits per heavy atom. The first-order chi connectivity index (χ1) is 9.42. The van der Waals surface area contributed by atoms with Crippen LogP contribution in [-0.2, 0) is 11.3 Å². The molecule has 6 nitrogen and oxygen atoms in total. The number of guanidine groups is 1. The minimum absolute atomic E-state index is 0.162. The molecule has 114 valence electrons. The summed E-state index contributed by atoms with van der Waals surface area (Å²) < 4.78 is 7.06. The number of aryl methyl sites for hydroxylation is 2. The summed E-state index contributed by atoms with van der Waals surface area (Å²) in [5.41, 5.74) is 8.07. The van der Waals surface area contributed by atoms with E-state index >= 15 is 0 Å². The lowest BCUT2D eigenvalue weighted by molar-refractivity contribution is 0.179. The fourth-order valence-corrected chi connectivity index (χ4v) is 2.06. The molecule has 1 aromatic rings. The first kappa shape index (κ1) is 16.5. The van der Waals surface area contributed by atoms with Gasteiger partial charge in [-0.3, -0.25) is 9.67 Å². The lowest BCUT2D eigenvalue weighted by atomic mass is 10.2. The van der Waals surface area contributed by atoms with Gasteiger partial charge in [0.25, 0.3) is 0 Å². The van der Waals surface area contributed by atoms with Gasteiger partial charge >= 0.3 is 0 Å². The van der Waals surface area contributed by atoms with Gasteiger partial charge in [0.05, 0.1) is 12.3 Å². The molecule has 6 heteroatoms. The zero-order valence-electron chi connectivity index (χ0n) is 13.2. The number of nitrogens with one attached hydrogen (secondary N) is 1. The number of hydrogen-bond donors (Lipinski definition) is 2. The molecule has 0 bridgehead atoms. The van der Waals surface area contributed by atoms with Crippen LogP contribution in [-0.4, -0.2) is 42.0 Å². The summed E-state index contributed by atoms with van der Waals surface area (Å²) in [6.45, 7) is 10.4. The number of aromatic nitrogens is 2. The van der Waals surface area contributed by atoms with Crippen molar-refractivity contribution in [3.05, 3.63) is 17.5 Å². The van der Waals surface area contributed by atoms with Gasteiger partial charge in [-0.1, -0.05) is 6.92 Å². The molecule has 0 radical (unpaired) electrons. The van der Waals surface area contributed by atoms with Crippen LogP contribution >= 0.6 is 0 Å². The zero-order chi connectivity index (χ0) is 15.1. The van der Waals surface area contributed by atoms with E-state index in [0.717, 1.165) is 12.2 Å². The maximum absolute atomic E-state index is 5.84. The molecule has 0 aliphatic carbocycles. The molecule has 1 aromatic heterocycles. The van der Waals surface area contributed by atoms with E-state index in [9.17, 15) is 0 Å². The van der Waals surface area contributed by atoms with Gasteiger partial charge in [-0.2, -0.15) is 5.10 Å². The SMILES string of the molecule is COCC(C)NC(N)=NCC(C)Cn1nc(C)cc1C. The van der Waals surface area contributed by atoms with Crippen molar-refractivity contribution < 1.29 is 4.74 Å². The third-order valence-electron chi connectivity index (χ3n) is 2.97. The van der Waals surface area contributed by atoms with E-state index in [1.54, 1.807) is 7.11 Å². The number of ether oxygens (including phenoxy) is 1. The van der Waals surface area contributed by atoms with Crippen molar-refractivity contribution in [2.45, 2.75) is 40.3 Å². The topological polar surface area (TPSA) is 77.5 Å². The Hall–Kier alpha value is -1.56. The highest BCUT2D eigenvalue weighted by molar-refractivity contribution is 5.78. The van der Waals surface area contributed by atoms with Crippen molar-refractivity contribution in [3.8, 4) is 0 Å². The summed E-state index contributed by atoms with van der Waals surface area (Å²) in [6.07, 6.45) is 0. The van der Waals surface area contributed by atoms with Gasteiger partial charge in [-0.15, -0.1) is 0 Å². The van der Waals surface area contributed by atoms with E-state index < -0.39 is 0 Å². The minimum Gasteiger partial charge on any atom is -0.383 e. The van der Waals surface area contributed by atoms with Crippen LogP contribution in [0.15, 0.2) is 11.1 Å². The van der Waals surface area contributed by atoms with Crippen LogP contribution in [0, 0.1) is 19.8 Å². The van der Waals surface area contributed by atoms with Gasteiger partial charge in [0.2, 0.25) is 0 Å². The van der Waals surface area contributed by atoms with Crippen molar-refractivity contribution in [1.29, 1.82) is 0 Å². The molecule has 0 aromatic carbocycles. The second kappa shape index (κ2) is 7.89. The van der Waals surface area contributed by atoms with Crippen molar-refractivity contribution in [2.24, 2.45) is 16.6 Å². The molecule has 2 unspecified atom stereocenters. The third-order valence-corrected chi connectivity index (χ3v) is 2.97. The lowest BCUT2D eigenvalue weighted by Gasteiger charge is -2.14. The summed E-state index contributed by atoms with van der Waals surface area (Å²) in [7, 11) is 1.67. The number of nitrogens with zero attached hydrogens (tertiary/aromatic N) is 3. The maximum Gasteiger partial charge on any atom is 0.188 e. The van der Waals surface area contributed by atoms with Gasteiger partial charge in [0, 0.05) is 31.9 Å². The summed E-state index contributed by atoms with van der Waals surface area (Å²) in [4.78, 5) is 4.37. The van der Waals surface area contributed by atoms with Crippen molar-refractivity contribution in [1.82, 2.24) is 15.1 Å². The van der Waals surface area contributed by atoms with E-state index in [0.29, 0.717) is 25.0 Å². The standard InChI is InChI=1S/C14H27N5O/c1-10(8-19-13(4)6-11(2)18-19)7-16-14(15)17-12(3)9-20-5/h6,10,12H,7-9H2,1-5H3,(H3,15,16,17). The Balaban J connectivity index is 2.42. The summed E-state index contributed by atoms with van der Waals surface area (Å²) in [5.74, 6) is 0.848. The van der Waals surface area contributed by atoms with Gasteiger partial charge < -0.3 is 15.8 Å². The molecule has 0 saturated heterocycles. The summed E-state index contributed by atoms with van der Waals surface area (Å²) in [5, 5.41) is 7.55. The number of nitrogens with two attached hydrogens (primary N) is 1. The molecule has 2 atom stereocenters. The first-order valence-corrected chi connectivity index (χ1v) is 6.98. The molecule has 0 spiro atoms. The second-order valence-electron chi connectivity index (χ2n) is 5.44. The Morgan fingerprint density at radius 2 is 2.20 bits per heavy atom. The zero-order valence-corrected chi connectivity index (χ0v) is 13.2. The molecular weight excluding hydrogens is 254 g/mol. The number of methoxy groups -OCH3 is 1. The smallest absolute Gasteiger partial charge is 0.188 e. The molecule has 0 saturated carbocycles. The predicted molar refractivity (Wildman–Crippen MR) is 81.8 cm³/mol. The number of hydrogen-bond acceptors (Lipinski definition) is 3. The molecule has 1 heterocycles. The fourth-order valence-electron chi connectivity index (χ4n) is 2.06. The number of rotatable bonds is 7. The van der Waals surface area contributed by atoms with Crippen LogP contribution in [0.4, 0.5) is 0 Å². The van der Waals surface area contributed by atoms with Crippen LogP contribution < -0.4 is 11.1 Å². The predicted octanol–water partition coefficient (Wildman–Crippen LogP) is 1.08. The molecule has 0 amide bonds. The molecule has 0 aliphatic heterocycles. The van der Waals surface area contributed by atoms with E-state index in [1.807, 2.05) is 18.5 Å². The molecular formula is C14H27N5O. The van der Waals surface area contributed by atoms with Crippen LogP contribution in [0.1, 0.15) is 25.2 Å². The van der Waals surface area contributed by atoms with Crippen molar-refractivity contribution in [3.63, 3.8) is 0 Å². The maximum atomic E-state index is 5.84. The lowest BCUT2D eigenvalue weighted by Crippen LogP contribution is -2.41. The van der Waals surface area contributed by atoms with Crippen LogP contribution in [0.25, 0.3) is 0 Å². The van der Waals surface area contributed by atoms with Gasteiger partial charge in [0.1, 0.15) is 0 Å². The monoisotopic (exact) mass is 281 g/mol. The summed E-state index contributed by atoms with van der Waals surface area (Å²) in [6, 6.07) is 2.24. The molecule has 0 fully saturated rings. The first-order valence-electron chi connectivity index (χ1n) is 6.98. The van der Waals surface area contributed by atoms with Crippen LogP contribution in [0.5, 0.6) is 0 Å². The minimum atomic E-state index is 0.162.